The van der Waals surface area contributed by atoms with Crippen molar-refractivity contribution in [2.24, 2.45) is 0 Å². The summed E-state index contributed by atoms with van der Waals surface area (Å²) in [7, 11) is 1.70. The lowest BCUT2D eigenvalue weighted by Crippen LogP contribution is -2.20. The Morgan fingerprint density at radius 1 is 1.33 bits per heavy atom. The Labute approximate surface area is 135 Å². The number of hydrogen-bond acceptors (Lipinski definition) is 3. The van der Waals surface area contributed by atoms with Gasteiger partial charge in [-0.05, 0) is 44.1 Å². The van der Waals surface area contributed by atoms with Crippen LogP contribution in [0.1, 0.15) is 37.5 Å². The fourth-order valence-corrected chi connectivity index (χ4v) is 4.22. The van der Waals surface area contributed by atoms with E-state index in [4.69, 9.17) is 21.3 Å². The van der Waals surface area contributed by atoms with Crippen molar-refractivity contribution >= 4 is 34.4 Å². The molecule has 1 aliphatic rings. The lowest BCUT2D eigenvalue weighted by Gasteiger charge is -2.29. The maximum atomic E-state index is 6.13. The van der Waals surface area contributed by atoms with Crippen LogP contribution in [0.15, 0.2) is 18.2 Å². The van der Waals surface area contributed by atoms with Gasteiger partial charge in [-0.2, -0.15) is 11.8 Å². The highest BCUT2D eigenvalue weighted by molar-refractivity contribution is 7.99. The van der Waals surface area contributed by atoms with Crippen LogP contribution in [0.5, 0.6) is 5.75 Å². The van der Waals surface area contributed by atoms with E-state index >= 15 is 0 Å². The van der Waals surface area contributed by atoms with Crippen LogP contribution < -0.4 is 4.74 Å². The number of aromatic nitrogens is 2. The molecule has 0 saturated heterocycles. The van der Waals surface area contributed by atoms with Gasteiger partial charge in [0, 0.05) is 17.4 Å². The molecular formula is C16H21ClN2OS. The fourth-order valence-electron chi connectivity index (χ4n) is 3.29. The molecule has 1 aliphatic carbocycles. The first-order valence-corrected chi connectivity index (χ1v) is 9.22. The summed E-state index contributed by atoms with van der Waals surface area (Å²) in [6.45, 7) is 0. The SMILES string of the molecule is COc1ccc2nc(CCl)n(C3CCC(SC)CC3)c2c1. The molecule has 0 N–H and O–H groups in total. The van der Waals surface area contributed by atoms with Crippen LogP contribution in [0.4, 0.5) is 0 Å². The molecule has 0 unspecified atom stereocenters. The minimum absolute atomic E-state index is 0.458. The van der Waals surface area contributed by atoms with E-state index in [0.717, 1.165) is 27.9 Å². The lowest BCUT2D eigenvalue weighted by atomic mass is 9.94. The number of thioether (sulfide) groups is 1. The molecule has 0 radical (unpaired) electrons. The molecular weight excluding hydrogens is 304 g/mol. The second kappa shape index (κ2) is 6.49. The summed E-state index contributed by atoms with van der Waals surface area (Å²) in [5.41, 5.74) is 2.16. The first-order valence-electron chi connectivity index (χ1n) is 7.40. The summed E-state index contributed by atoms with van der Waals surface area (Å²) in [5.74, 6) is 2.31. The molecule has 21 heavy (non-hydrogen) atoms. The number of fused-ring (bicyclic) bond motifs is 1. The van der Waals surface area contributed by atoms with Crippen LogP contribution in [0.25, 0.3) is 11.0 Å². The average molecular weight is 325 g/mol. The van der Waals surface area contributed by atoms with Gasteiger partial charge in [0.1, 0.15) is 11.6 Å². The number of ether oxygens (including phenoxy) is 1. The van der Waals surface area contributed by atoms with Crippen LogP contribution in [0, 0.1) is 0 Å². The number of imidazole rings is 1. The summed E-state index contributed by atoms with van der Waals surface area (Å²) >= 11 is 8.13. The van der Waals surface area contributed by atoms with Gasteiger partial charge in [0.25, 0.3) is 0 Å². The van der Waals surface area contributed by atoms with E-state index in [2.05, 4.69) is 16.9 Å². The van der Waals surface area contributed by atoms with Crippen molar-refractivity contribution in [2.45, 2.75) is 42.9 Å². The Morgan fingerprint density at radius 2 is 2.10 bits per heavy atom. The van der Waals surface area contributed by atoms with E-state index in [1.54, 1.807) is 7.11 Å². The van der Waals surface area contributed by atoms with Gasteiger partial charge in [-0.1, -0.05) is 0 Å². The van der Waals surface area contributed by atoms with E-state index in [9.17, 15) is 0 Å². The summed E-state index contributed by atoms with van der Waals surface area (Å²) < 4.78 is 7.71. The Hall–Kier alpha value is -0.870. The highest BCUT2D eigenvalue weighted by atomic mass is 35.5. The fraction of sp³-hybridized carbons (Fsp3) is 0.562. The van der Waals surface area contributed by atoms with Crippen molar-refractivity contribution in [2.75, 3.05) is 13.4 Å². The van der Waals surface area contributed by atoms with Crippen LogP contribution >= 0.6 is 23.4 Å². The normalized spacial score (nSPS) is 22.6. The monoisotopic (exact) mass is 324 g/mol. The molecule has 1 saturated carbocycles. The summed E-state index contributed by atoms with van der Waals surface area (Å²) in [4.78, 5) is 4.69. The molecule has 3 rings (SSSR count). The maximum Gasteiger partial charge on any atom is 0.125 e. The molecule has 0 atom stereocenters. The molecule has 5 heteroatoms. The second-order valence-electron chi connectivity index (χ2n) is 5.55. The van der Waals surface area contributed by atoms with Crippen LogP contribution in [0.3, 0.4) is 0 Å². The molecule has 114 valence electrons. The smallest absolute Gasteiger partial charge is 0.125 e. The molecule has 2 aromatic rings. The van der Waals surface area contributed by atoms with Crippen molar-refractivity contribution in [3.05, 3.63) is 24.0 Å². The second-order valence-corrected chi connectivity index (χ2v) is 6.96. The van der Waals surface area contributed by atoms with Gasteiger partial charge in [0.2, 0.25) is 0 Å². The van der Waals surface area contributed by atoms with E-state index in [0.29, 0.717) is 11.9 Å². The third kappa shape index (κ3) is 2.88. The standard InChI is InChI=1S/C16H21ClN2OS/c1-20-12-5-8-14-15(9-12)19(16(10-17)18-14)11-3-6-13(21-2)7-4-11/h5,8-9,11,13H,3-4,6-7,10H2,1-2H3. The Kier molecular flexibility index (Phi) is 4.65. The Morgan fingerprint density at radius 3 is 2.71 bits per heavy atom. The molecule has 0 amide bonds. The predicted molar refractivity (Wildman–Crippen MR) is 90.7 cm³/mol. The predicted octanol–water partition coefficient (Wildman–Crippen LogP) is 4.63. The highest BCUT2D eigenvalue weighted by Gasteiger charge is 2.25. The Balaban J connectivity index is 1.99. The van der Waals surface area contributed by atoms with E-state index in [1.165, 1.54) is 25.7 Å². The first kappa shape index (κ1) is 15.0. The number of rotatable bonds is 4. The number of methoxy groups -OCH3 is 1. The van der Waals surface area contributed by atoms with Gasteiger partial charge in [0.15, 0.2) is 0 Å². The van der Waals surface area contributed by atoms with Crippen molar-refractivity contribution in [3.8, 4) is 5.75 Å². The van der Waals surface area contributed by atoms with Gasteiger partial charge < -0.3 is 9.30 Å². The van der Waals surface area contributed by atoms with Gasteiger partial charge in [-0.25, -0.2) is 4.98 Å². The van der Waals surface area contributed by atoms with Gasteiger partial charge in [-0.15, -0.1) is 11.6 Å². The molecule has 3 nitrogen and oxygen atoms in total. The zero-order valence-corrected chi connectivity index (χ0v) is 14.1. The number of benzene rings is 1. The molecule has 1 aromatic heterocycles. The summed E-state index contributed by atoms with van der Waals surface area (Å²) in [5, 5.41) is 0.810. The lowest BCUT2D eigenvalue weighted by molar-refractivity contribution is 0.360. The molecule has 1 heterocycles. The molecule has 0 aliphatic heterocycles. The van der Waals surface area contributed by atoms with Gasteiger partial charge in [0.05, 0.1) is 24.0 Å². The third-order valence-electron chi connectivity index (χ3n) is 4.43. The minimum atomic E-state index is 0.458. The minimum Gasteiger partial charge on any atom is -0.497 e. The van der Waals surface area contributed by atoms with Gasteiger partial charge >= 0.3 is 0 Å². The maximum absolute atomic E-state index is 6.13. The highest BCUT2D eigenvalue weighted by Crippen LogP contribution is 2.37. The zero-order chi connectivity index (χ0) is 14.8. The first-order chi connectivity index (χ1) is 10.3. The van der Waals surface area contributed by atoms with Crippen molar-refractivity contribution in [3.63, 3.8) is 0 Å². The van der Waals surface area contributed by atoms with Crippen LogP contribution in [0.2, 0.25) is 0 Å². The summed E-state index contributed by atoms with van der Waals surface area (Å²) in [6, 6.07) is 6.58. The van der Waals surface area contributed by atoms with Crippen molar-refractivity contribution in [1.82, 2.24) is 9.55 Å². The molecule has 0 spiro atoms. The zero-order valence-electron chi connectivity index (χ0n) is 12.5. The van der Waals surface area contributed by atoms with Crippen molar-refractivity contribution in [1.29, 1.82) is 0 Å². The molecule has 1 fully saturated rings. The van der Waals surface area contributed by atoms with Crippen molar-refractivity contribution < 1.29 is 4.74 Å². The van der Waals surface area contributed by atoms with E-state index in [1.807, 2.05) is 23.9 Å². The van der Waals surface area contributed by atoms with Crippen LogP contribution in [-0.2, 0) is 5.88 Å². The molecule has 0 bridgehead atoms. The average Bonchev–Trinajstić information content (AvgIpc) is 2.92. The Bertz CT molecular complexity index is 620. The van der Waals surface area contributed by atoms with E-state index in [-0.39, 0.29) is 0 Å². The van der Waals surface area contributed by atoms with Gasteiger partial charge in [-0.3, -0.25) is 0 Å². The number of nitrogens with zero attached hydrogens (tertiary/aromatic N) is 2. The number of alkyl halides is 1. The number of halogens is 1. The van der Waals surface area contributed by atoms with E-state index < -0.39 is 0 Å². The summed E-state index contributed by atoms with van der Waals surface area (Å²) in [6.07, 6.45) is 7.18. The number of hydrogen-bond donors (Lipinski definition) is 0. The largest absolute Gasteiger partial charge is 0.497 e. The third-order valence-corrected chi connectivity index (χ3v) is 5.81. The quantitative estimate of drug-likeness (QED) is 0.767. The molecule has 1 aromatic carbocycles. The van der Waals surface area contributed by atoms with Crippen LogP contribution in [-0.4, -0.2) is 28.2 Å². The topological polar surface area (TPSA) is 27.1 Å².